The monoisotopic (exact) mass is 256 g/mol. The smallest absolute Gasteiger partial charge is 0.335 e. The number of aryl methyl sites for hydroxylation is 3. The molecule has 0 radical (unpaired) electrons. The van der Waals surface area contributed by atoms with Crippen LogP contribution in [0.25, 0.3) is 0 Å². The fourth-order valence-corrected chi connectivity index (χ4v) is 2.11. The maximum absolute atomic E-state index is 10.8. The number of carboxylic acids is 1. The molecule has 0 unspecified atom stereocenters. The van der Waals surface area contributed by atoms with Gasteiger partial charge in [-0.05, 0) is 56.2 Å². The highest BCUT2D eigenvalue weighted by molar-refractivity contribution is 5.87. The molecule has 0 spiro atoms. The average Bonchev–Trinajstić information content (AvgIpc) is 2.34. The third-order valence-corrected chi connectivity index (χ3v) is 2.93. The van der Waals surface area contributed by atoms with Gasteiger partial charge in [-0.25, -0.2) is 4.79 Å². The van der Waals surface area contributed by atoms with Gasteiger partial charge in [0.25, 0.3) is 0 Å². The van der Waals surface area contributed by atoms with Gasteiger partial charge in [0.05, 0.1) is 5.56 Å². The first-order chi connectivity index (χ1) is 8.97. The highest BCUT2D eigenvalue weighted by Crippen LogP contribution is 2.29. The first-order valence-corrected chi connectivity index (χ1v) is 6.06. The summed E-state index contributed by atoms with van der Waals surface area (Å²) in [5.74, 6) is 0.531. The second-order valence-electron chi connectivity index (χ2n) is 4.66. The van der Waals surface area contributed by atoms with Crippen molar-refractivity contribution in [1.82, 2.24) is 0 Å². The van der Waals surface area contributed by atoms with Gasteiger partial charge in [-0.3, -0.25) is 0 Å². The van der Waals surface area contributed by atoms with Gasteiger partial charge >= 0.3 is 5.97 Å². The van der Waals surface area contributed by atoms with Gasteiger partial charge in [0.15, 0.2) is 0 Å². The van der Waals surface area contributed by atoms with E-state index in [-0.39, 0.29) is 5.56 Å². The summed E-state index contributed by atoms with van der Waals surface area (Å²) in [6.07, 6.45) is 0. The number of rotatable bonds is 3. The Morgan fingerprint density at radius 2 is 1.53 bits per heavy atom. The van der Waals surface area contributed by atoms with Crippen LogP contribution in [0.3, 0.4) is 0 Å². The van der Waals surface area contributed by atoms with E-state index in [0.717, 1.165) is 16.9 Å². The minimum atomic E-state index is -0.936. The molecule has 0 bridgehead atoms. The van der Waals surface area contributed by atoms with Crippen molar-refractivity contribution in [3.8, 4) is 11.5 Å². The first-order valence-electron chi connectivity index (χ1n) is 6.06. The molecule has 3 heteroatoms. The van der Waals surface area contributed by atoms with E-state index in [2.05, 4.69) is 12.1 Å². The van der Waals surface area contributed by atoms with Crippen molar-refractivity contribution in [2.24, 2.45) is 0 Å². The molecular weight excluding hydrogens is 240 g/mol. The van der Waals surface area contributed by atoms with Crippen molar-refractivity contribution < 1.29 is 14.6 Å². The van der Waals surface area contributed by atoms with Crippen LogP contribution in [-0.2, 0) is 0 Å². The highest BCUT2D eigenvalue weighted by Gasteiger charge is 2.07. The summed E-state index contributed by atoms with van der Waals surface area (Å²) in [5.41, 5.74) is 3.59. The van der Waals surface area contributed by atoms with Gasteiger partial charge in [0.1, 0.15) is 11.5 Å². The summed E-state index contributed by atoms with van der Waals surface area (Å²) in [6.45, 7) is 6.05. The summed E-state index contributed by atoms with van der Waals surface area (Å²) in [7, 11) is 0. The Morgan fingerprint density at radius 1 is 1.00 bits per heavy atom. The summed E-state index contributed by atoms with van der Waals surface area (Å²) in [6, 6.07) is 10.5. The van der Waals surface area contributed by atoms with E-state index in [9.17, 15) is 4.79 Å². The molecule has 0 aliphatic carbocycles. The van der Waals surface area contributed by atoms with Crippen LogP contribution in [0.4, 0.5) is 0 Å². The Bertz CT molecular complexity index is 589. The number of hydrogen-bond acceptors (Lipinski definition) is 2. The largest absolute Gasteiger partial charge is 0.478 e. The van der Waals surface area contributed by atoms with E-state index < -0.39 is 5.97 Å². The van der Waals surface area contributed by atoms with Gasteiger partial charge in [-0.15, -0.1) is 0 Å². The van der Waals surface area contributed by atoms with Crippen molar-refractivity contribution in [3.05, 3.63) is 58.7 Å². The van der Waals surface area contributed by atoms with E-state index in [1.54, 1.807) is 12.1 Å². The summed E-state index contributed by atoms with van der Waals surface area (Å²) < 4.78 is 5.84. The maximum Gasteiger partial charge on any atom is 0.335 e. The molecule has 0 fully saturated rings. The Hall–Kier alpha value is -2.29. The number of carbonyl (C=O) groups is 1. The molecule has 0 saturated carbocycles. The van der Waals surface area contributed by atoms with Crippen LogP contribution in [0, 0.1) is 20.8 Å². The Kier molecular flexibility index (Phi) is 3.56. The van der Waals surface area contributed by atoms with Crippen LogP contribution in [0.15, 0.2) is 36.4 Å². The van der Waals surface area contributed by atoms with E-state index in [1.807, 2.05) is 20.8 Å². The molecule has 0 heterocycles. The molecule has 2 aromatic rings. The van der Waals surface area contributed by atoms with Crippen LogP contribution < -0.4 is 4.74 Å². The number of carboxylic acid groups (broad SMARTS) is 1. The molecule has 0 atom stereocenters. The van der Waals surface area contributed by atoms with E-state index in [1.165, 1.54) is 17.7 Å². The lowest BCUT2D eigenvalue weighted by atomic mass is 10.1. The average molecular weight is 256 g/mol. The molecule has 0 aliphatic rings. The van der Waals surface area contributed by atoms with Crippen molar-refractivity contribution in [2.75, 3.05) is 0 Å². The van der Waals surface area contributed by atoms with Gasteiger partial charge in [0, 0.05) is 0 Å². The van der Waals surface area contributed by atoms with E-state index in [0.29, 0.717) is 5.75 Å². The second-order valence-corrected chi connectivity index (χ2v) is 4.66. The Labute approximate surface area is 112 Å². The van der Waals surface area contributed by atoms with Crippen molar-refractivity contribution in [2.45, 2.75) is 20.8 Å². The van der Waals surface area contributed by atoms with Crippen molar-refractivity contribution in [1.29, 1.82) is 0 Å². The van der Waals surface area contributed by atoms with Crippen molar-refractivity contribution >= 4 is 5.97 Å². The predicted octanol–water partition coefficient (Wildman–Crippen LogP) is 4.10. The van der Waals surface area contributed by atoms with Crippen LogP contribution in [-0.4, -0.2) is 11.1 Å². The lowest BCUT2D eigenvalue weighted by Crippen LogP contribution is -1.96. The molecule has 19 heavy (non-hydrogen) atoms. The lowest BCUT2D eigenvalue weighted by Gasteiger charge is -2.12. The molecule has 2 rings (SSSR count). The third-order valence-electron chi connectivity index (χ3n) is 2.93. The summed E-state index contributed by atoms with van der Waals surface area (Å²) >= 11 is 0. The molecular formula is C16H16O3. The molecule has 0 amide bonds. The van der Waals surface area contributed by atoms with Gasteiger partial charge in [-0.2, -0.15) is 0 Å². The quantitative estimate of drug-likeness (QED) is 0.899. The standard InChI is InChI=1S/C16H16O3/c1-10-8-11(2)15(12(3)9-10)19-14-6-4-13(5-7-14)16(17)18/h4-9H,1-3H3,(H,17,18). The zero-order chi connectivity index (χ0) is 14.0. The minimum Gasteiger partial charge on any atom is -0.478 e. The van der Waals surface area contributed by atoms with Crippen LogP contribution in [0.2, 0.25) is 0 Å². The highest BCUT2D eigenvalue weighted by atomic mass is 16.5. The fourth-order valence-electron chi connectivity index (χ4n) is 2.11. The SMILES string of the molecule is Cc1cc(C)c(Oc2ccc(C(=O)O)cc2)c(C)c1. The second kappa shape index (κ2) is 5.14. The lowest BCUT2D eigenvalue weighted by molar-refractivity contribution is 0.0697. The number of hydrogen-bond donors (Lipinski definition) is 1. The third kappa shape index (κ3) is 2.94. The molecule has 3 nitrogen and oxygen atoms in total. The number of ether oxygens (including phenoxy) is 1. The molecule has 2 aromatic carbocycles. The number of benzene rings is 2. The van der Waals surface area contributed by atoms with Crippen molar-refractivity contribution in [3.63, 3.8) is 0 Å². The molecule has 98 valence electrons. The van der Waals surface area contributed by atoms with E-state index in [4.69, 9.17) is 9.84 Å². The van der Waals surface area contributed by atoms with Gasteiger partial charge in [0.2, 0.25) is 0 Å². The van der Waals surface area contributed by atoms with Crippen LogP contribution in [0.5, 0.6) is 11.5 Å². The van der Waals surface area contributed by atoms with E-state index >= 15 is 0 Å². The first kappa shape index (κ1) is 13.1. The Balaban J connectivity index is 2.29. The van der Waals surface area contributed by atoms with Gasteiger partial charge in [-0.1, -0.05) is 17.7 Å². The molecule has 0 aliphatic heterocycles. The van der Waals surface area contributed by atoms with Crippen LogP contribution >= 0.6 is 0 Å². The Morgan fingerprint density at radius 3 is 2.00 bits per heavy atom. The van der Waals surface area contributed by atoms with Gasteiger partial charge < -0.3 is 9.84 Å². The molecule has 0 aromatic heterocycles. The minimum absolute atomic E-state index is 0.254. The predicted molar refractivity (Wildman–Crippen MR) is 74.1 cm³/mol. The zero-order valence-corrected chi connectivity index (χ0v) is 11.2. The molecule has 0 saturated heterocycles. The normalized spacial score (nSPS) is 10.3. The summed E-state index contributed by atoms with van der Waals surface area (Å²) in [5, 5.41) is 8.84. The van der Waals surface area contributed by atoms with Crippen LogP contribution in [0.1, 0.15) is 27.0 Å². The maximum atomic E-state index is 10.8. The topological polar surface area (TPSA) is 46.5 Å². The summed E-state index contributed by atoms with van der Waals surface area (Å²) in [4.78, 5) is 10.8. The zero-order valence-electron chi connectivity index (χ0n) is 11.2. The molecule has 1 N–H and O–H groups in total. The number of aromatic carboxylic acids is 1. The fraction of sp³-hybridized carbons (Fsp3) is 0.188.